The van der Waals surface area contributed by atoms with Crippen LogP contribution >= 0.6 is 0 Å². The quantitative estimate of drug-likeness (QED) is 0.639. The second kappa shape index (κ2) is 7.69. The lowest BCUT2D eigenvalue weighted by molar-refractivity contribution is -0.119. The number of aromatic amines is 1. The Morgan fingerprint density at radius 2 is 1.85 bits per heavy atom. The maximum absolute atomic E-state index is 12.3. The van der Waals surface area contributed by atoms with Crippen molar-refractivity contribution in [2.75, 3.05) is 6.61 Å². The normalized spacial score (nSPS) is 11.7. The van der Waals surface area contributed by atoms with E-state index in [0.29, 0.717) is 16.7 Å². The highest BCUT2D eigenvalue weighted by Crippen LogP contribution is 2.18. The van der Waals surface area contributed by atoms with Crippen molar-refractivity contribution in [1.29, 1.82) is 0 Å². The third kappa shape index (κ3) is 4.30. The molecule has 27 heavy (non-hydrogen) atoms. The Morgan fingerprint density at radius 3 is 2.56 bits per heavy atom. The predicted molar refractivity (Wildman–Crippen MR) is 97.3 cm³/mol. The van der Waals surface area contributed by atoms with Crippen LogP contribution < -0.4 is 16.0 Å². The van der Waals surface area contributed by atoms with Gasteiger partial charge in [-0.3, -0.25) is 9.59 Å². The van der Waals surface area contributed by atoms with Gasteiger partial charge in [0, 0.05) is 0 Å². The second-order valence-electron chi connectivity index (χ2n) is 5.80. The summed E-state index contributed by atoms with van der Waals surface area (Å²) in [6, 6.07) is 13.0. The van der Waals surface area contributed by atoms with Crippen molar-refractivity contribution in [3.05, 3.63) is 70.3 Å². The summed E-state index contributed by atoms with van der Waals surface area (Å²) in [5, 5.41) is 0.464. The van der Waals surface area contributed by atoms with Gasteiger partial charge >= 0.3 is 5.97 Å². The van der Waals surface area contributed by atoms with E-state index in [0.717, 1.165) is 0 Å². The number of nitrogens with one attached hydrogen (secondary N) is 1. The average molecular weight is 367 g/mol. The second-order valence-corrected chi connectivity index (χ2v) is 5.80. The summed E-state index contributed by atoms with van der Waals surface area (Å²) in [6.07, 6.45) is -0.749. The largest absolute Gasteiger partial charge is 0.484 e. The molecule has 1 heterocycles. The number of amides is 1. The molecule has 1 aromatic heterocycles. The first kappa shape index (κ1) is 18.1. The van der Waals surface area contributed by atoms with Crippen LogP contribution in [0.25, 0.3) is 10.9 Å². The molecule has 0 saturated heterocycles. The monoisotopic (exact) mass is 367 g/mol. The van der Waals surface area contributed by atoms with Gasteiger partial charge in [0.1, 0.15) is 5.75 Å². The van der Waals surface area contributed by atoms with Crippen molar-refractivity contribution >= 4 is 22.8 Å². The fourth-order valence-corrected chi connectivity index (χ4v) is 2.42. The van der Waals surface area contributed by atoms with Crippen LogP contribution in [-0.4, -0.2) is 28.5 Å². The smallest absolute Gasteiger partial charge is 0.338 e. The zero-order valence-electron chi connectivity index (χ0n) is 14.5. The molecule has 8 heteroatoms. The summed E-state index contributed by atoms with van der Waals surface area (Å²) in [5.41, 5.74) is 5.52. The minimum atomic E-state index is -0.749. The molecule has 8 nitrogen and oxygen atoms in total. The standard InChI is InChI=1S/C19H17N3O5/c1-11(17-21-15-5-3-2-4-14(15)18(24)22-17)27-19(25)12-6-8-13(9-7-12)26-10-16(20)23/h2-9,11H,10H2,1H3,(H2,20,23)(H,21,22,24)/t11-/m0/s1. The van der Waals surface area contributed by atoms with Crippen LogP contribution in [-0.2, 0) is 9.53 Å². The molecule has 3 N–H and O–H groups in total. The number of hydrogen-bond donors (Lipinski definition) is 2. The molecule has 1 atom stereocenters. The topological polar surface area (TPSA) is 124 Å². The molecule has 2 aromatic carbocycles. The minimum absolute atomic E-state index is 0.248. The van der Waals surface area contributed by atoms with Gasteiger partial charge in [-0.2, -0.15) is 0 Å². The number of H-pyrrole nitrogens is 1. The van der Waals surface area contributed by atoms with Gasteiger partial charge in [0.25, 0.3) is 11.5 Å². The highest BCUT2D eigenvalue weighted by molar-refractivity contribution is 5.89. The number of carbonyl (C=O) groups excluding carboxylic acids is 2. The Kier molecular flexibility index (Phi) is 5.16. The molecular weight excluding hydrogens is 350 g/mol. The Bertz CT molecular complexity index is 1040. The number of ether oxygens (including phenoxy) is 2. The SMILES string of the molecule is C[C@H](OC(=O)c1ccc(OCC(N)=O)cc1)c1nc2ccccc2c(=O)[nH]1. The van der Waals surface area contributed by atoms with E-state index in [1.54, 1.807) is 31.2 Å². The third-order valence-corrected chi connectivity index (χ3v) is 3.77. The number of fused-ring (bicyclic) bond motifs is 1. The van der Waals surface area contributed by atoms with Crippen molar-refractivity contribution in [2.45, 2.75) is 13.0 Å². The van der Waals surface area contributed by atoms with Gasteiger partial charge in [0.2, 0.25) is 0 Å². The number of para-hydroxylation sites is 1. The van der Waals surface area contributed by atoms with E-state index in [2.05, 4.69) is 9.97 Å². The average Bonchev–Trinajstić information content (AvgIpc) is 2.66. The van der Waals surface area contributed by atoms with Crippen LogP contribution in [0.3, 0.4) is 0 Å². The van der Waals surface area contributed by atoms with Crippen molar-refractivity contribution in [3.8, 4) is 5.75 Å². The van der Waals surface area contributed by atoms with Crippen LogP contribution in [0.15, 0.2) is 53.3 Å². The number of primary amides is 1. The zero-order valence-corrected chi connectivity index (χ0v) is 14.5. The van der Waals surface area contributed by atoms with Crippen LogP contribution in [0.2, 0.25) is 0 Å². The van der Waals surface area contributed by atoms with Crippen molar-refractivity contribution in [2.24, 2.45) is 5.73 Å². The lowest BCUT2D eigenvalue weighted by Gasteiger charge is -2.13. The van der Waals surface area contributed by atoms with Gasteiger partial charge in [-0.05, 0) is 43.3 Å². The van der Waals surface area contributed by atoms with E-state index < -0.39 is 18.0 Å². The van der Waals surface area contributed by atoms with Gasteiger partial charge in [0.15, 0.2) is 18.5 Å². The molecule has 0 fully saturated rings. The fraction of sp³-hybridized carbons (Fsp3) is 0.158. The third-order valence-electron chi connectivity index (χ3n) is 3.77. The lowest BCUT2D eigenvalue weighted by atomic mass is 10.2. The highest BCUT2D eigenvalue weighted by Gasteiger charge is 2.17. The molecule has 0 radical (unpaired) electrons. The Balaban J connectivity index is 1.72. The van der Waals surface area contributed by atoms with Crippen LogP contribution in [0.4, 0.5) is 0 Å². The number of benzene rings is 2. The summed E-state index contributed by atoms with van der Waals surface area (Å²) in [6.45, 7) is 1.37. The summed E-state index contributed by atoms with van der Waals surface area (Å²) in [5.74, 6) is -0.517. The maximum Gasteiger partial charge on any atom is 0.338 e. The Labute approximate surface area is 153 Å². The first-order valence-electron chi connectivity index (χ1n) is 8.15. The summed E-state index contributed by atoms with van der Waals surface area (Å²) < 4.78 is 10.5. The first-order valence-corrected chi connectivity index (χ1v) is 8.15. The van der Waals surface area contributed by atoms with E-state index in [-0.39, 0.29) is 23.6 Å². The predicted octanol–water partition coefficient (Wildman–Crippen LogP) is 1.71. The first-order chi connectivity index (χ1) is 12.9. The molecule has 1 amide bonds. The number of nitrogens with two attached hydrogens (primary N) is 1. The molecule has 0 saturated carbocycles. The molecule has 138 valence electrons. The maximum atomic E-state index is 12.3. The molecule has 0 aliphatic heterocycles. The zero-order chi connectivity index (χ0) is 19.4. The van der Waals surface area contributed by atoms with Crippen LogP contribution in [0.1, 0.15) is 29.2 Å². The molecule has 3 rings (SSSR count). The molecule has 0 spiro atoms. The number of esters is 1. The summed E-state index contributed by atoms with van der Waals surface area (Å²) in [7, 11) is 0. The fourth-order valence-electron chi connectivity index (χ4n) is 2.42. The Morgan fingerprint density at radius 1 is 1.15 bits per heavy atom. The van der Waals surface area contributed by atoms with E-state index in [9.17, 15) is 14.4 Å². The minimum Gasteiger partial charge on any atom is -0.484 e. The van der Waals surface area contributed by atoms with E-state index in [1.807, 2.05) is 0 Å². The summed E-state index contributed by atoms with van der Waals surface area (Å²) >= 11 is 0. The van der Waals surface area contributed by atoms with Crippen molar-refractivity contribution in [3.63, 3.8) is 0 Å². The molecule has 0 aliphatic carbocycles. The highest BCUT2D eigenvalue weighted by atomic mass is 16.5. The van der Waals surface area contributed by atoms with Crippen molar-refractivity contribution < 1.29 is 19.1 Å². The van der Waals surface area contributed by atoms with E-state index in [4.69, 9.17) is 15.2 Å². The molecule has 0 bridgehead atoms. The number of rotatable bonds is 6. The van der Waals surface area contributed by atoms with Gasteiger partial charge in [-0.15, -0.1) is 0 Å². The van der Waals surface area contributed by atoms with Gasteiger partial charge in [0.05, 0.1) is 16.5 Å². The lowest BCUT2D eigenvalue weighted by Crippen LogP contribution is -2.20. The molecular formula is C19H17N3O5. The molecule has 0 unspecified atom stereocenters. The number of carbonyl (C=O) groups is 2. The molecule has 0 aliphatic rings. The van der Waals surface area contributed by atoms with E-state index >= 15 is 0 Å². The van der Waals surface area contributed by atoms with Gasteiger partial charge in [-0.25, -0.2) is 9.78 Å². The number of nitrogens with zero attached hydrogens (tertiary/aromatic N) is 1. The Hall–Kier alpha value is -3.68. The van der Waals surface area contributed by atoms with E-state index in [1.165, 1.54) is 24.3 Å². The number of hydrogen-bond acceptors (Lipinski definition) is 6. The van der Waals surface area contributed by atoms with Crippen LogP contribution in [0, 0.1) is 0 Å². The summed E-state index contributed by atoms with van der Waals surface area (Å²) in [4.78, 5) is 42.1. The number of aromatic nitrogens is 2. The van der Waals surface area contributed by atoms with Crippen LogP contribution in [0.5, 0.6) is 5.75 Å². The van der Waals surface area contributed by atoms with Gasteiger partial charge in [-0.1, -0.05) is 12.1 Å². The molecule has 3 aromatic rings. The van der Waals surface area contributed by atoms with Gasteiger partial charge < -0.3 is 20.2 Å². The van der Waals surface area contributed by atoms with Crippen molar-refractivity contribution in [1.82, 2.24) is 9.97 Å².